The molecule has 0 bridgehead atoms. The van der Waals surface area contributed by atoms with Crippen molar-refractivity contribution in [2.75, 3.05) is 13.2 Å². The molecule has 134 valence electrons. The predicted octanol–water partition coefficient (Wildman–Crippen LogP) is 3.12. The topological polar surface area (TPSA) is 97.3 Å². The van der Waals surface area contributed by atoms with E-state index in [9.17, 15) is 14.9 Å². The van der Waals surface area contributed by atoms with Crippen molar-refractivity contribution in [2.45, 2.75) is 13.3 Å². The fourth-order valence-corrected chi connectivity index (χ4v) is 2.80. The van der Waals surface area contributed by atoms with Gasteiger partial charge in [0.15, 0.2) is 6.61 Å². The highest BCUT2D eigenvalue weighted by Gasteiger charge is 2.11. The van der Waals surface area contributed by atoms with E-state index in [1.165, 1.54) is 12.1 Å². The minimum Gasteiger partial charge on any atom is -0.484 e. The van der Waals surface area contributed by atoms with E-state index >= 15 is 0 Å². The molecule has 3 aromatic rings. The van der Waals surface area contributed by atoms with Gasteiger partial charge in [-0.2, -0.15) is 0 Å². The zero-order valence-corrected chi connectivity index (χ0v) is 14.3. The van der Waals surface area contributed by atoms with Gasteiger partial charge < -0.3 is 15.0 Å². The first-order valence-corrected chi connectivity index (χ1v) is 8.24. The molecule has 0 aliphatic carbocycles. The first kappa shape index (κ1) is 17.5. The summed E-state index contributed by atoms with van der Waals surface area (Å²) in [5.41, 5.74) is 2.74. The van der Waals surface area contributed by atoms with Crippen molar-refractivity contribution >= 4 is 22.5 Å². The van der Waals surface area contributed by atoms with Gasteiger partial charge in [0.25, 0.3) is 11.6 Å². The van der Waals surface area contributed by atoms with Gasteiger partial charge in [0.05, 0.1) is 4.92 Å². The summed E-state index contributed by atoms with van der Waals surface area (Å²) in [6, 6.07) is 12.4. The number of hydrogen-bond donors (Lipinski definition) is 2. The van der Waals surface area contributed by atoms with E-state index in [1.54, 1.807) is 13.0 Å². The molecular weight excluding hydrogens is 334 g/mol. The summed E-state index contributed by atoms with van der Waals surface area (Å²) in [5.74, 6) is 0.195. The van der Waals surface area contributed by atoms with Gasteiger partial charge in [-0.3, -0.25) is 14.9 Å². The van der Waals surface area contributed by atoms with Crippen molar-refractivity contribution in [2.24, 2.45) is 0 Å². The summed E-state index contributed by atoms with van der Waals surface area (Å²) < 4.78 is 5.40. The quantitative estimate of drug-likeness (QED) is 0.504. The summed E-state index contributed by atoms with van der Waals surface area (Å²) in [4.78, 5) is 25.5. The van der Waals surface area contributed by atoms with Gasteiger partial charge in [-0.25, -0.2) is 0 Å². The van der Waals surface area contributed by atoms with E-state index in [4.69, 9.17) is 4.74 Å². The lowest BCUT2D eigenvalue weighted by Crippen LogP contribution is -2.30. The Labute approximate surface area is 150 Å². The summed E-state index contributed by atoms with van der Waals surface area (Å²) in [7, 11) is 0. The maximum Gasteiger partial charge on any atom is 0.272 e. The first-order chi connectivity index (χ1) is 12.5. The van der Waals surface area contributed by atoms with Gasteiger partial charge in [-0.05, 0) is 37.1 Å². The molecule has 0 atom stereocenters. The van der Waals surface area contributed by atoms with E-state index in [0.717, 1.165) is 16.5 Å². The Bertz CT molecular complexity index is 949. The molecule has 0 aliphatic heterocycles. The van der Waals surface area contributed by atoms with Crippen molar-refractivity contribution in [1.29, 1.82) is 0 Å². The number of H-pyrrole nitrogens is 1. The van der Waals surface area contributed by atoms with Crippen LogP contribution in [0.25, 0.3) is 10.9 Å². The first-order valence-electron chi connectivity index (χ1n) is 8.24. The number of carbonyl (C=O) groups excluding carboxylic acids is 1. The fourth-order valence-electron chi connectivity index (χ4n) is 2.80. The highest BCUT2D eigenvalue weighted by molar-refractivity contribution is 5.83. The van der Waals surface area contributed by atoms with Crippen molar-refractivity contribution < 1.29 is 14.5 Å². The SMILES string of the molecule is Cc1cc(OCC(=O)NCCc2c[nH]c3ccccc23)ccc1[N+](=O)[O-]. The van der Waals surface area contributed by atoms with E-state index in [-0.39, 0.29) is 18.2 Å². The highest BCUT2D eigenvalue weighted by Crippen LogP contribution is 2.23. The lowest BCUT2D eigenvalue weighted by molar-refractivity contribution is -0.385. The van der Waals surface area contributed by atoms with Gasteiger partial charge >= 0.3 is 0 Å². The standard InChI is InChI=1S/C19H19N3O4/c1-13-10-15(6-7-18(13)22(24)25)26-12-19(23)20-9-8-14-11-21-17-5-3-2-4-16(14)17/h2-7,10-11,21H,8-9,12H2,1H3,(H,20,23). The molecule has 1 amide bonds. The molecule has 7 heteroatoms. The molecule has 1 heterocycles. The Morgan fingerprint density at radius 2 is 2.08 bits per heavy atom. The number of nitro groups is 1. The average molecular weight is 353 g/mol. The van der Waals surface area contributed by atoms with Gasteiger partial charge in [-0.15, -0.1) is 0 Å². The maximum absolute atomic E-state index is 11.9. The predicted molar refractivity (Wildman–Crippen MR) is 98.3 cm³/mol. The molecule has 0 saturated carbocycles. The number of nitrogens with one attached hydrogen (secondary N) is 2. The Morgan fingerprint density at radius 3 is 2.85 bits per heavy atom. The van der Waals surface area contributed by atoms with Crippen LogP contribution >= 0.6 is 0 Å². The molecule has 26 heavy (non-hydrogen) atoms. The lowest BCUT2D eigenvalue weighted by atomic mass is 10.1. The molecule has 0 aliphatic rings. The second-order valence-electron chi connectivity index (χ2n) is 5.95. The average Bonchev–Trinajstić information content (AvgIpc) is 3.03. The van der Waals surface area contributed by atoms with Crippen molar-refractivity contribution in [3.05, 3.63) is 69.9 Å². The number of amides is 1. The number of fused-ring (bicyclic) bond motifs is 1. The van der Waals surface area contributed by atoms with Crippen LogP contribution in [-0.4, -0.2) is 29.0 Å². The Balaban J connectivity index is 1.47. The van der Waals surface area contributed by atoms with Crippen LogP contribution in [-0.2, 0) is 11.2 Å². The van der Waals surface area contributed by atoms with Crippen molar-refractivity contribution in [3.8, 4) is 5.75 Å². The number of hydrogen-bond acceptors (Lipinski definition) is 4. The molecule has 1 aromatic heterocycles. The Morgan fingerprint density at radius 1 is 1.27 bits per heavy atom. The smallest absolute Gasteiger partial charge is 0.272 e. The van der Waals surface area contributed by atoms with Crippen LogP contribution in [0, 0.1) is 17.0 Å². The number of aromatic nitrogens is 1. The summed E-state index contributed by atoms with van der Waals surface area (Å²) in [6.07, 6.45) is 2.67. The second kappa shape index (κ2) is 7.69. The molecule has 0 spiro atoms. The summed E-state index contributed by atoms with van der Waals surface area (Å²) >= 11 is 0. The van der Waals surface area contributed by atoms with Crippen LogP contribution in [0.3, 0.4) is 0 Å². The van der Waals surface area contributed by atoms with Crippen LogP contribution < -0.4 is 10.1 Å². The van der Waals surface area contributed by atoms with E-state index < -0.39 is 4.92 Å². The van der Waals surface area contributed by atoms with Crippen molar-refractivity contribution in [3.63, 3.8) is 0 Å². The molecule has 0 radical (unpaired) electrons. The molecule has 3 rings (SSSR count). The molecular formula is C19H19N3O4. The highest BCUT2D eigenvalue weighted by atomic mass is 16.6. The van der Waals surface area contributed by atoms with Gasteiger partial charge in [0, 0.05) is 35.3 Å². The number of rotatable bonds is 7. The molecule has 0 fully saturated rings. The zero-order chi connectivity index (χ0) is 18.5. The van der Waals surface area contributed by atoms with Crippen LogP contribution in [0.5, 0.6) is 5.75 Å². The number of nitro benzene ring substituents is 1. The molecule has 0 saturated heterocycles. The van der Waals surface area contributed by atoms with E-state index in [1.807, 2.05) is 30.5 Å². The van der Waals surface area contributed by atoms with Gasteiger partial charge in [-0.1, -0.05) is 18.2 Å². The van der Waals surface area contributed by atoms with E-state index in [2.05, 4.69) is 10.3 Å². The fraction of sp³-hybridized carbons (Fsp3) is 0.211. The van der Waals surface area contributed by atoms with Crippen LogP contribution in [0.2, 0.25) is 0 Å². The number of aryl methyl sites for hydroxylation is 1. The van der Waals surface area contributed by atoms with Crippen LogP contribution in [0.15, 0.2) is 48.7 Å². The number of para-hydroxylation sites is 1. The van der Waals surface area contributed by atoms with Crippen LogP contribution in [0.1, 0.15) is 11.1 Å². The minimum atomic E-state index is -0.448. The van der Waals surface area contributed by atoms with Crippen LogP contribution in [0.4, 0.5) is 5.69 Å². The van der Waals surface area contributed by atoms with Crippen molar-refractivity contribution in [1.82, 2.24) is 10.3 Å². The second-order valence-corrected chi connectivity index (χ2v) is 5.95. The van der Waals surface area contributed by atoms with Gasteiger partial charge in [0.1, 0.15) is 5.75 Å². The number of ether oxygens (including phenoxy) is 1. The third-order valence-corrected chi connectivity index (χ3v) is 4.13. The maximum atomic E-state index is 11.9. The normalized spacial score (nSPS) is 10.7. The lowest BCUT2D eigenvalue weighted by Gasteiger charge is -2.08. The minimum absolute atomic E-state index is 0.0283. The molecule has 0 unspecified atom stereocenters. The Kier molecular flexibility index (Phi) is 5.17. The Hall–Kier alpha value is -3.35. The number of aromatic amines is 1. The van der Waals surface area contributed by atoms with E-state index in [0.29, 0.717) is 24.3 Å². The summed E-state index contributed by atoms with van der Waals surface area (Å²) in [6.45, 7) is 2.00. The molecule has 7 nitrogen and oxygen atoms in total. The van der Waals surface area contributed by atoms with Gasteiger partial charge in [0.2, 0.25) is 0 Å². The zero-order valence-electron chi connectivity index (χ0n) is 14.3. The third kappa shape index (κ3) is 4.00. The largest absolute Gasteiger partial charge is 0.484 e. The summed E-state index contributed by atoms with van der Waals surface area (Å²) in [5, 5.41) is 14.8. The molecule has 2 N–H and O–H groups in total. The number of nitrogens with zero attached hydrogens (tertiary/aromatic N) is 1. The molecule has 2 aromatic carbocycles. The monoisotopic (exact) mass is 353 g/mol. The third-order valence-electron chi connectivity index (χ3n) is 4.13. The number of carbonyl (C=O) groups is 1. The number of benzene rings is 2.